The predicted molar refractivity (Wildman–Crippen MR) is 84.4 cm³/mol. The number of benzene rings is 1. The van der Waals surface area contributed by atoms with E-state index in [4.69, 9.17) is 0 Å². The fourth-order valence-corrected chi connectivity index (χ4v) is 2.85. The van der Waals surface area contributed by atoms with Crippen molar-refractivity contribution >= 4 is 11.8 Å². The highest BCUT2D eigenvalue weighted by atomic mass is 32.2. The van der Waals surface area contributed by atoms with Gasteiger partial charge in [-0.25, -0.2) is 0 Å². The third-order valence-corrected chi connectivity index (χ3v) is 4.25. The van der Waals surface area contributed by atoms with E-state index in [2.05, 4.69) is 64.2 Å². The number of rotatable bonds is 6. The average Bonchev–Trinajstić information content (AvgIpc) is 2.29. The molecule has 0 heterocycles. The summed E-state index contributed by atoms with van der Waals surface area (Å²) in [5, 5.41) is 3.68. The van der Waals surface area contributed by atoms with E-state index >= 15 is 0 Å². The minimum Gasteiger partial charge on any atom is -0.309 e. The number of thioether (sulfide) groups is 1. The molecule has 1 aromatic carbocycles. The highest BCUT2D eigenvalue weighted by Gasteiger charge is 2.17. The van der Waals surface area contributed by atoms with Crippen molar-refractivity contribution in [3.63, 3.8) is 0 Å². The van der Waals surface area contributed by atoms with Gasteiger partial charge in [0.2, 0.25) is 0 Å². The van der Waals surface area contributed by atoms with Gasteiger partial charge in [-0.05, 0) is 31.0 Å². The lowest BCUT2D eigenvalue weighted by atomic mass is 10.0. The van der Waals surface area contributed by atoms with Gasteiger partial charge in [-0.3, -0.25) is 0 Å². The Morgan fingerprint density at radius 3 is 2.44 bits per heavy atom. The van der Waals surface area contributed by atoms with Crippen LogP contribution in [0.25, 0.3) is 0 Å². The van der Waals surface area contributed by atoms with E-state index in [9.17, 15) is 0 Å². The van der Waals surface area contributed by atoms with Crippen molar-refractivity contribution in [2.45, 2.75) is 51.8 Å². The third-order valence-electron chi connectivity index (χ3n) is 2.89. The van der Waals surface area contributed by atoms with Crippen LogP contribution < -0.4 is 5.32 Å². The van der Waals surface area contributed by atoms with E-state index in [1.165, 1.54) is 17.5 Å². The molecule has 1 N–H and O–H groups in total. The second kappa shape index (κ2) is 7.20. The summed E-state index contributed by atoms with van der Waals surface area (Å²) in [7, 11) is 0. The predicted octanol–water partition coefficient (Wildman–Crippen LogP) is 4.57. The van der Waals surface area contributed by atoms with Gasteiger partial charge in [0.05, 0.1) is 0 Å². The molecule has 0 aromatic heterocycles. The van der Waals surface area contributed by atoms with Crippen LogP contribution in [0.2, 0.25) is 0 Å². The van der Waals surface area contributed by atoms with E-state index < -0.39 is 0 Å². The lowest BCUT2D eigenvalue weighted by Gasteiger charge is -2.25. The van der Waals surface area contributed by atoms with Crippen LogP contribution in [-0.2, 0) is 0 Å². The fourth-order valence-electron chi connectivity index (χ4n) is 1.89. The smallest absolute Gasteiger partial charge is 0.0414 e. The molecule has 0 spiro atoms. The molecule has 0 radical (unpaired) electrons. The Morgan fingerprint density at radius 1 is 1.22 bits per heavy atom. The topological polar surface area (TPSA) is 12.0 Å². The summed E-state index contributed by atoms with van der Waals surface area (Å²) >= 11 is 2.03. The van der Waals surface area contributed by atoms with Crippen LogP contribution in [0.15, 0.2) is 24.3 Å². The van der Waals surface area contributed by atoms with Crippen molar-refractivity contribution in [3.05, 3.63) is 35.4 Å². The SMILES string of the molecule is CCCNC(CSC(C)(C)C)c1ccccc1C. The molecular formula is C16H27NS. The zero-order valence-electron chi connectivity index (χ0n) is 12.4. The van der Waals surface area contributed by atoms with E-state index in [-0.39, 0.29) is 0 Å². The van der Waals surface area contributed by atoms with Crippen LogP contribution in [0.4, 0.5) is 0 Å². The van der Waals surface area contributed by atoms with Gasteiger partial charge in [0, 0.05) is 16.5 Å². The monoisotopic (exact) mass is 265 g/mol. The summed E-state index contributed by atoms with van der Waals surface area (Å²) in [4.78, 5) is 0. The molecular weight excluding hydrogens is 238 g/mol. The summed E-state index contributed by atoms with van der Waals surface area (Å²) in [6.45, 7) is 12.4. The van der Waals surface area contributed by atoms with Crippen molar-refractivity contribution in [1.82, 2.24) is 5.32 Å². The number of hydrogen-bond donors (Lipinski definition) is 1. The van der Waals surface area contributed by atoms with Gasteiger partial charge < -0.3 is 5.32 Å². The van der Waals surface area contributed by atoms with Crippen LogP contribution in [-0.4, -0.2) is 17.0 Å². The standard InChI is InChI=1S/C16H27NS/c1-6-11-17-15(12-18-16(3,4)5)14-10-8-7-9-13(14)2/h7-10,15,17H,6,11-12H2,1-5H3. The molecule has 1 aromatic rings. The summed E-state index contributed by atoms with van der Waals surface area (Å²) in [6, 6.07) is 9.19. The Kier molecular flexibility index (Phi) is 6.24. The largest absolute Gasteiger partial charge is 0.309 e. The number of nitrogens with one attached hydrogen (secondary N) is 1. The van der Waals surface area contributed by atoms with Crippen LogP contribution in [0.5, 0.6) is 0 Å². The van der Waals surface area contributed by atoms with Gasteiger partial charge in [-0.2, -0.15) is 11.8 Å². The zero-order valence-corrected chi connectivity index (χ0v) is 13.2. The molecule has 0 aliphatic carbocycles. The summed E-state index contributed by atoms with van der Waals surface area (Å²) in [6.07, 6.45) is 1.18. The quantitative estimate of drug-likeness (QED) is 0.809. The van der Waals surface area contributed by atoms with E-state index in [1.54, 1.807) is 0 Å². The van der Waals surface area contributed by atoms with Gasteiger partial charge in [0.25, 0.3) is 0 Å². The van der Waals surface area contributed by atoms with Gasteiger partial charge in [-0.1, -0.05) is 52.0 Å². The van der Waals surface area contributed by atoms with Crippen molar-refractivity contribution in [1.29, 1.82) is 0 Å². The number of hydrogen-bond acceptors (Lipinski definition) is 2. The van der Waals surface area contributed by atoms with Gasteiger partial charge in [-0.15, -0.1) is 0 Å². The molecule has 102 valence electrons. The van der Waals surface area contributed by atoms with Gasteiger partial charge >= 0.3 is 0 Å². The molecule has 0 amide bonds. The Labute approximate surface area is 117 Å². The molecule has 0 saturated carbocycles. The lowest BCUT2D eigenvalue weighted by molar-refractivity contribution is 0.573. The molecule has 2 heteroatoms. The van der Waals surface area contributed by atoms with E-state index in [0.717, 1.165) is 12.3 Å². The molecule has 0 aliphatic heterocycles. The molecule has 0 bridgehead atoms. The normalized spacial score (nSPS) is 13.6. The van der Waals surface area contributed by atoms with Crippen molar-refractivity contribution < 1.29 is 0 Å². The summed E-state index contributed by atoms with van der Waals surface area (Å²) in [5.74, 6) is 1.13. The second-order valence-corrected chi connectivity index (χ2v) is 7.63. The maximum Gasteiger partial charge on any atom is 0.0414 e. The Bertz CT molecular complexity index is 354. The van der Waals surface area contributed by atoms with E-state index in [1.807, 2.05) is 11.8 Å². The van der Waals surface area contributed by atoms with Gasteiger partial charge in [0.15, 0.2) is 0 Å². The minimum absolute atomic E-state index is 0.328. The molecule has 0 fully saturated rings. The molecule has 1 rings (SSSR count). The van der Waals surface area contributed by atoms with Crippen molar-refractivity contribution in [2.24, 2.45) is 0 Å². The molecule has 18 heavy (non-hydrogen) atoms. The summed E-state index contributed by atoms with van der Waals surface area (Å²) in [5.41, 5.74) is 2.84. The molecule has 0 saturated heterocycles. The summed E-state index contributed by atoms with van der Waals surface area (Å²) < 4.78 is 0.328. The van der Waals surface area contributed by atoms with Crippen molar-refractivity contribution in [3.8, 4) is 0 Å². The Morgan fingerprint density at radius 2 is 1.89 bits per heavy atom. The first-order valence-electron chi connectivity index (χ1n) is 6.87. The maximum atomic E-state index is 3.68. The first-order chi connectivity index (χ1) is 8.44. The molecule has 1 atom stereocenters. The highest BCUT2D eigenvalue weighted by molar-refractivity contribution is 8.00. The second-order valence-electron chi connectivity index (χ2n) is 5.79. The zero-order chi connectivity index (χ0) is 13.6. The highest BCUT2D eigenvalue weighted by Crippen LogP contribution is 2.29. The first-order valence-corrected chi connectivity index (χ1v) is 7.85. The van der Waals surface area contributed by atoms with Crippen LogP contribution >= 0.6 is 11.8 Å². The van der Waals surface area contributed by atoms with E-state index in [0.29, 0.717) is 10.8 Å². The van der Waals surface area contributed by atoms with Crippen LogP contribution in [0, 0.1) is 6.92 Å². The number of aryl methyl sites for hydroxylation is 1. The van der Waals surface area contributed by atoms with Crippen LogP contribution in [0.1, 0.15) is 51.3 Å². The maximum absolute atomic E-state index is 3.68. The third kappa shape index (κ3) is 5.45. The minimum atomic E-state index is 0.328. The van der Waals surface area contributed by atoms with Crippen molar-refractivity contribution in [2.75, 3.05) is 12.3 Å². The lowest BCUT2D eigenvalue weighted by Crippen LogP contribution is -2.26. The Balaban J connectivity index is 2.75. The van der Waals surface area contributed by atoms with Crippen LogP contribution in [0.3, 0.4) is 0 Å². The fraction of sp³-hybridized carbons (Fsp3) is 0.625. The average molecular weight is 265 g/mol. The molecule has 1 nitrogen and oxygen atoms in total. The first kappa shape index (κ1) is 15.6. The van der Waals surface area contributed by atoms with Gasteiger partial charge in [0.1, 0.15) is 0 Å². The Hall–Kier alpha value is -0.470. The molecule has 1 unspecified atom stereocenters. The molecule has 0 aliphatic rings.